The van der Waals surface area contributed by atoms with Gasteiger partial charge in [0, 0.05) is 5.56 Å². The summed E-state index contributed by atoms with van der Waals surface area (Å²) in [6.45, 7) is 2.48. The molecular weight excluding hydrogens is 326 g/mol. The minimum Gasteiger partial charge on any atom is -0.489 e. The average Bonchev–Trinajstić information content (AvgIpc) is 3.10. The summed E-state index contributed by atoms with van der Waals surface area (Å²) < 4.78 is 7.12. The lowest BCUT2D eigenvalue weighted by Crippen LogP contribution is -2.13. The minimum atomic E-state index is -0.204. The van der Waals surface area contributed by atoms with E-state index in [1.807, 2.05) is 67.6 Å². The predicted octanol–water partition coefficient (Wildman–Crippen LogP) is 4.01. The summed E-state index contributed by atoms with van der Waals surface area (Å²) in [6.07, 6.45) is 0. The minimum absolute atomic E-state index is 0.204. The van der Waals surface area contributed by atoms with Gasteiger partial charge in [0.1, 0.15) is 17.9 Å². The van der Waals surface area contributed by atoms with Crippen LogP contribution in [0, 0.1) is 6.92 Å². The third kappa shape index (κ3) is 3.19. The van der Waals surface area contributed by atoms with E-state index in [9.17, 15) is 4.79 Å². The van der Waals surface area contributed by atoms with Crippen LogP contribution in [0.1, 0.15) is 21.5 Å². The highest BCUT2D eigenvalue weighted by Gasteiger charge is 2.13. The largest absolute Gasteiger partial charge is 0.489 e. The van der Waals surface area contributed by atoms with Crippen LogP contribution in [0.15, 0.2) is 72.8 Å². The van der Waals surface area contributed by atoms with Gasteiger partial charge in [0.15, 0.2) is 0 Å². The number of ether oxygens (including phenoxy) is 1. The van der Waals surface area contributed by atoms with E-state index in [1.165, 1.54) is 4.68 Å². The topological polar surface area (TPSA) is 57.0 Å². The van der Waals surface area contributed by atoms with E-state index < -0.39 is 0 Å². The maximum absolute atomic E-state index is 12.7. The summed E-state index contributed by atoms with van der Waals surface area (Å²) in [4.78, 5) is 12.7. The molecule has 0 unspecified atom stereocenters. The smallest absolute Gasteiger partial charge is 0.280 e. The summed E-state index contributed by atoms with van der Waals surface area (Å²) in [6, 6.07) is 22.7. The Morgan fingerprint density at radius 2 is 1.81 bits per heavy atom. The molecule has 0 bridgehead atoms. The first kappa shape index (κ1) is 16.0. The maximum atomic E-state index is 12.7. The highest BCUT2D eigenvalue weighted by atomic mass is 16.5. The van der Waals surface area contributed by atoms with Crippen LogP contribution in [0.2, 0.25) is 0 Å². The van der Waals surface area contributed by atoms with Crippen molar-refractivity contribution in [3.05, 3.63) is 89.5 Å². The first-order valence-electron chi connectivity index (χ1n) is 8.34. The van der Waals surface area contributed by atoms with E-state index in [-0.39, 0.29) is 5.91 Å². The van der Waals surface area contributed by atoms with Crippen LogP contribution >= 0.6 is 0 Å². The van der Waals surface area contributed by atoms with Crippen molar-refractivity contribution in [2.24, 2.45) is 0 Å². The molecular formula is C21H17N3O2. The standard InChI is InChI=1S/C21H17N3O2/c1-15-5-4-6-18(13-15)26-14-16-9-11-17(12-10-16)21(25)24-20-8-3-2-7-19(20)22-23-24/h2-13H,14H2,1H3. The van der Waals surface area contributed by atoms with Crippen LogP contribution in [0.4, 0.5) is 0 Å². The van der Waals surface area contributed by atoms with Crippen LogP contribution in [0.25, 0.3) is 11.0 Å². The van der Waals surface area contributed by atoms with Gasteiger partial charge in [-0.15, -0.1) is 5.10 Å². The van der Waals surface area contributed by atoms with Crippen molar-refractivity contribution in [2.75, 3.05) is 0 Å². The van der Waals surface area contributed by atoms with Crippen molar-refractivity contribution in [3.63, 3.8) is 0 Å². The van der Waals surface area contributed by atoms with Gasteiger partial charge in [-0.2, -0.15) is 4.68 Å². The summed E-state index contributed by atoms with van der Waals surface area (Å²) in [7, 11) is 0. The highest BCUT2D eigenvalue weighted by molar-refractivity contribution is 6.00. The second kappa shape index (κ2) is 6.80. The SMILES string of the molecule is Cc1cccc(OCc2ccc(C(=O)n3nnc4ccccc43)cc2)c1. The second-order valence-corrected chi connectivity index (χ2v) is 6.10. The van der Waals surface area contributed by atoms with Crippen LogP contribution in [0.5, 0.6) is 5.75 Å². The number of rotatable bonds is 4. The van der Waals surface area contributed by atoms with E-state index in [0.29, 0.717) is 23.2 Å². The number of benzene rings is 3. The van der Waals surface area contributed by atoms with Gasteiger partial charge >= 0.3 is 0 Å². The monoisotopic (exact) mass is 343 g/mol. The quantitative estimate of drug-likeness (QED) is 0.562. The van der Waals surface area contributed by atoms with Crippen LogP contribution < -0.4 is 4.74 Å². The molecule has 1 heterocycles. The number of hydrogen-bond acceptors (Lipinski definition) is 4. The molecule has 128 valence electrons. The normalized spacial score (nSPS) is 10.8. The van der Waals surface area contributed by atoms with Gasteiger partial charge < -0.3 is 4.74 Å². The number of fused-ring (bicyclic) bond motifs is 1. The maximum Gasteiger partial charge on any atom is 0.280 e. The first-order chi connectivity index (χ1) is 12.7. The zero-order valence-electron chi connectivity index (χ0n) is 14.3. The Morgan fingerprint density at radius 1 is 1.00 bits per heavy atom. The molecule has 0 amide bonds. The fourth-order valence-electron chi connectivity index (χ4n) is 2.76. The molecule has 4 rings (SSSR count). The van der Waals surface area contributed by atoms with E-state index in [2.05, 4.69) is 10.3 Å². The van der Waals surface area contributed by atoms with Gasteiger partial charge in [-0.05, 0) is 54.4 Å². The molecule has 0 saturated carbocycles. The predicted molar refractivity (Wildman–Crippen MR) is 99.2 cm³/mol. The van der Waals surface area contributed by atoms with Crippen molar-refractivity contribution < 1.29 is 9.53 Å². The Balaban J connectivity index is 1.49. The number of aryl methyl sites for hydroxylation is 1. The first-order valence-corrected chi connectivity index (χ1v) is 8.34. The molecule has 5 nitrogen and oxygen atoms in total. The Labute approximate surface area is 150 Å². The van der Waals surface area contributed by atoms with Crippen LogP contribution in [-0.4, -0.2) is 20.9 Å². The van der Waals surface area contributed by atoms with Crippen LogP contribution in [0.3, 0.4) is 0 Å². The number of aromatic nitrogens is 3. The lowest BCUT2D eigenvalue weighted by atomic mass is 10.1. The number of nitrogens with zero attached hydrogens (tertiary/aromatic N) is 3. The summed E-state index contributed by atoms with van der Waals surface area (Å²) in [5.41, 5.74) is 4.10. The molecule has 3 aromatic carbocycles. The zero-order chi connectivity index (χ0) is 17.9. The molecule has 0 aliphatic rings. The van der Waals surface area contributed by atoms with Gasteiger partial charge in [-0.25, -0.2) is 0 Å². The molecule has 0 aliphatic heterocycles. The third-order valence-electron chi connectivity index (χ3n) is 4.14. The molecule has 0 spiro atoms. The molecule has 26 heavy (non-hydrogen) atoms. The van der Waals surface area contributed by atoms with Crippen LogP contribution in [-0.2, 0) is 6.61 Å². The lowest BCUT2D eigenvalue weighted by molar-refractivity contribution is 0.0948. The molecule has 0 radical (unpaired) electrons. The van der Waals surface area contributed by atoms with Gasteiger partial charge in [-0.3, -0.25) is 4.79 Å². The molecule has 0 saturated heterocycles. The molecule has 5 heteroatoms. The Hall–Kier alpha value is -3.47. The Bertz CT molecular complexity index is 1070. The van der Waals surface area contributed by atoms with Gasteiger partial charge in [-0.1, -0.05) is 41.6 Å². The fraction of sp³-hybridized carbons (Fsp3) is 0.0952. The van der Waals surface area contributed by atoms with Crippen molar-refractivity contribution in [1.29, 1.82) is 0 Å². The van der Waals surface area contributed by atoms with Crippen molar-refractivity contribution in [1.82, 2.24) is 15.0 Å². The summed E-state index contributed by atoms with van der Waals surface area (Å²) in [5, 5.41) is 8.00. The fourth-order valence-corrected chi connectivity index (χ4v) is 2.76. The second-order valence-electron chi connectivity index (χ2n) is 6.10. The lowest BCUT2D eigenvalue weighted by Gasteiger charge is -2.08. The molecule has 0 fully saturated rings. The van der Waals surface area contributed by atoms with E-state index >= 15 is 0 Å². The summed E-state index contributed by atoms with van der Waals surface area (Å²) in [5.74, 6) is 0.629. The number of carbonyl (C=O) groups is 1. The average molecular weight is 343 g/mol. The third-order valence-corrected chi connectivity index (χ3v) is 4.14. The molecule has 0 N–H and O–H groups in total. The van der Waals surface area contributed by atoms with Crippen molar-refractivity contribution >= 4 is 16.9 Å². The molecule has 4 aromatic rings. The highest BCUT2D eigenvalue weighted by Crippen LogP contribution is 2.16. The van der Waals surface area contributed by atoms with Crippen molar-refractivity contribution in [2.45, 2.75) is 13.5 Å². The van der Waals surface area contributed by atoms with E-state index in [1.54, 1.807) is 12.1 Å². The Morgan fingerprint density at radius 3 is 2.62 bits per heavy atom. The number of carbonyl (C=O) groups excluding carboxylic acids is 1. The Kier molecular flexibility index (Phi) is 4.19. The number of hydrogen-bond donors (Lipinski definition) is 0. The van der Waals surface area contributed by atoms with Gasteiger partial charge in [0.25, 0.3) is 5.91 Å². The van der Waals surface area contributed by atoms with E-state index in [0.717, 1.165) is 16.9 Å². The van der Waals surface area contributed by atoms with Crippen molar-refractivity contribution in [3.8, 4) is 5.75 Å². The zero-order valence-corrected chi connectivity index (χ0v) is 14.3. The van der Waals surface area contributed by atoms with Gasteiger partial charge in [0.05, 0.1) is 5.52 Å². The molecule has 0 aliphatic carbocycles. The summed E-state index contributed by atoms with van der Waals surface area (Å²) >= 11 is 0. The molecule has 1 aromatic heterocycles. The number of para-hydroxylation sites is 1. The van der Waals surface area contributed by atoms with E-state index in [4.69, 9.17) is 4.74 Å². The molecule has 0 atom stereocenters. The van der Waals surface area contributed by atoms with Gasteiger partial charge in [0.2, 0.25) is 0 Å².